The molecule has 0 aliphatic carbocycles. The molecule has 0 fully saturated rings. The second-order valence-electron chi connectivity index (χ2n) is 7.87. The molecule has 1 amide bonds. The van der Waals surface area contributed by atoms with Gasteiger partial charge in [-0.25, -0.2) is 4.98 Å². The molecule has 0 spiro atoms. The lowest BCUT2D eigenvalue weighted by Crippen LogP contribution is -2.25. The maximum atomic E-state index is 13.3. The van der Waals surface area contributed by atoms with Gasteiger partial charge in [-0.15, -0.1) is 0 Å². The minimum absolute atomic E-state index is 0.115. The van der Waals surface area contributed by atoms with Crippen LogP contribution in [0.2, 0.25) is 0 Å². The molecule has 0 atom stereocenters. The van der Waals surface area contributed by atoms with E-state index < -0.39 is 17.6 Å². The van der Waals surface area contributed by atoms with Crippen molar-refractivity contribution in [3.8, 4) is 11.5 Å². The maximum absolute atomic E-state index is 13.3. The topological polar surface area (TPSA) is 82.5 Å². The van der Waals surface area contributed by atoms with Gasteiger partial charge < -0.3 is 14.8 Å². The number of para-hydroxylation sites is 2. The minimum Gasteiger partial charge on any atom is -0.454 e. The highest BCUT2D eigenvalue weighted by molar-refractivity contribution is 7.99. The normalized spacial score (nSPS) is 12.6. The van der Waals surface area contributed by atoms with Gasteiger partial charge in [0.2, 0.25) is 12.7 Å². The summed E-state index contributed by atoms with van der Waals surface area (Å²) in [4.78, 5) is 30.4. The summed E-state index contributed by atoms with van der Waals surface area (Å²) in [5.41, 5.74) is -0.367. The zero-order valence-electron chi connectivity index (χ0n) is 18.5. The van der Waals surface area contributed by atoms with Gasteiger partial charge in [0, 0.05) is 0 Å². The number of fused-ring (bicyclic) bond motifs is 2. The Morgan fingerprint density at radius 1 is 1.03 bits per heavy atom. The van der Waals surface area contributed by atoms with Gasteiger partial charge in [0.05, 0.1) is 34.5 Å². The Labute approximate surface area is 206 Å². The number of thioether (sulfide) groups is 1. The molecular formula is C25H18F3N3O4S. The van der Waals surface area contributed by atoms with E-state index in [9.17, 15) is 22.8 Å². The first-order valence-corrected chi connectivity index (χ1v) is 11.7. The second kappa shape index (κ2) is 9.57. The first-order valence-electron chi connectivity index (χ1n) is 10.8. The lowest BCUT2D eigenvalue weighted by atomic mass is 10.1. The van der Waals surface area contributed by atoms with Gasteiger partial charge in [0.25, 0.3) is 5.56 Å². The smallest absolute Gasteiger partial charge is 0.418 e. The number of carbonyl (C=O) groups excluding carboxylic acids is 1. The molecule has 184 valence electrons. The van der Waals surface area contributed by atoms with Crippen LogP contribution >= 0.6 is 11.8 Å². The number of aromatic nitrogens is 2. The van der Waals surface area contributed by atoms with Crippen molar-refractivity contribution in [1.29, 1.82) is 0 Å². The lowest BCUT2D eigenvalue weighted by Gasteiger charge is -2.15. The quantitative estimate of drug-likeness (QED) is 0.291. The van der Waals surface area contributed by atoms with E-state index in [4.69, 9.17) is 9.47 Å². The molecule has 1 aromatic heterocycles. The standard InChI is InChI=1S/C25H18F3N3O4S/c26-25(27,28)17-6-2-4-8-19(17)29-22(32)13-36-24-30-18-7-3-1-5-16(18)23(33)31(24)12-15-9-10-20-21(11-15)35-14-34-20/h1-11H,12-14H2,(H,29,32). The lowest BCUT2D eigenvalue weighted by molar-refractivity contribution is -0.137. The van der Waals surface area contributed by atoms with Crippen molar-refractivity contribution in [2.45, 2.75) is 17.9 Å². The van der Waals surface area contributed by atoms with Crippen LogP contribution < -0.4 is 20.3 Å². The summed E-state index contributed by atoms with van der Waals surface area (Å²) in [7, 11) is 0. The molecule has 0 saturated heterocycles. The molecule has 3 aromatic carbocycles. The van der Waals surface area contributed by atoms with E-state index in [-0.39, 0.29) is 35.5 Å². The fraction of sp³-hybridized carbons (Fsp3) is 0.160. The highest BCUT2D eigenvalue weighted by Gasteiger charge is 2.33. The van der Waals surface area contributed by atoms with Gasteiger partial charge in [-0.3, -0.25) is 14.2 Å². The van der Waals surface area contributed by atoms with E-state index in [0.717, 1.165) is 23.4 Å². The largest absolute Gasteiger partial charge is 0.454 e. The molecule has 5 rings (SSSR count). The summed E-state index contributed by atoms with van der Waals surface area (Å²) < 4.78 is 52.0. The molecule has 4 aromatic rings. The predicted octanol–water partition coefficient (Wildman–Crippen LogP) is 4.92. The summed E-state index contributed by atoms with van der Waals surface area (Å²) in [6.07, 6.45) is -4.61. The van der Waals surface area contributed by atoms with Crippen molar-refractivity contribution < 1.29 is 27.4 Å². The molecule has 0 radical (unpaired) electrons. The summed E-state index contributed by atoms with van der Waals surface area (Å²) in [5.74, 6) is 0.256. The van der Waals surface area contributed by atoms with Crippen LogP contribution in [-0.2, 0) is 17.5 Å². The van der Waals surface area contributed by atoms with Crippen molar-refractivity contribution in [2.24, 2.45) is 0 Å². The number of hydrogen-bond acceptors (Lipinski definition) is 6. The van der Waals surface area contributed by atoms with Crippen molar-refractivity contribution >= 4 is 34.3 Å². The average Bonchev–Trinajstić information content (AvgIpc) is 3.32. The number of nitrogens with zero attached hydrogens (tertiary/aromatic N) is 2. The van der Waals surface area contributed by atoms with Gasteiger partial charge in [0.1, 0.15) is 0 Å². The zero-order valence-corrected chi connectivity index (χ0v) is 19.4. The van der Waals surface area contributed by atoms with Gasteiger partial charge in [-0.05, 0) is 42.0 Å². The molecule has 0 unspecified atom stereocenters. The van der Waals surface area contributed by atoms with E-state index in [0.29, 0.717) is 22.4 Å². The highest BCUT2D eigenvalue weighted by atomic mass is 32.2. The molecule has 1 aliphatic heterocycles. The number of hydrogen-bond donors (Lipinski definition) is 1. The Morgan fingerprint density at radius 3 is 2.61 bits per heavy atom. The van der Waals surface area contributed by atoms with Crippen LogP contribution in [0.3, 0.4) is 0 Å². The van der Waals surface area contributed by atoms with Crippen molar-refractivity contribution in [2.75, 3.05) is 17.9 Å². The summed E-state index contributed by atoms with van der Waals surface area (Å²) in [6.45, 7) is 0.262. The minimum atomic E-state index is -4.61. The molecule has 7 nitrogen and oxygen atoms in total. The fourth-order valence-electron chi connectivity index (χ4n) is 3.77. The first kappa shape index (κ1) is 23.7. The second-order valence-corrected chi connectivity index (χ2v) is 8.81. The SMILES string of the molecule is O=C(CSc1nc2ccccc2c(=O)n1Cc1ccc2c(c1)OCO2)Nc1ccccc1C(F)(F)F. The number of anilines is 1. The molecular weight excluding hydrogens is 495 g/mol. The molecule has 1 N–H and O–H groups in total. The number of benzene rings is 3. The van der Waals surface area contributed by atoms with Crippen LogP contribution in [-0.4, -0.2) is 28.0 Å². The molecule has 1 aliphatic rings. The van der Waals surface area contributed by atoms with Crippen LogP contribution in [0.5, 0.6) is 11.5 Å². The summed E-state index contributed by atoms with van der Waals surface area (Å²) in [5, 5.41) is 2.98. The third kappa shape index (κ3) is 4.87. The summed E-state index contributed by atoms with van der Waals surface area (Å²) in [6, 6.07) is 16.9. The number of carbonyl (C=O) groups is 1. The first-order chi connectivity index (χ1) is 17.3. The van der Waals surface area contributed by atoms with Crippen molar-refractivity contribution in [3.05, 3.63) is 88.2 Å². The van der Waals surface area contributed by atoms with E-state index in [2.05, 4.69) is 10.3 Å². The molecule has 0 bridgehead atoms. The zero-order chi connectivity index (χ0) is 25.3. The summed E-state index contributed by atoms with van der Waals surface area (Å²) >= 11 is 0.964. The van der Waals surface area contributed by atoms with Crippen LogP contribution in [0.4, 0.5) is 18.9 Å². The molecule has 11 heteroatoms. The van der Waals surface area contributed by atoms with Crippen LogP contribution in [0, 0.1) is 0 Å². The third-order valence-corrected chi connectivity index (χ3v) is 6.42. The molecule has 0 saturated carbocycles. The van der Waals surface area contributed by atoms with Gasteiger partial charge in [-0.2, -0.15) is 13.2 Å². The molecule has 2 heterocycles. The predicted molar refractivity (Wildman–Crippen MR) is 128 cm³/mol. The number of ether oxygens (including phenoxy) is 2. The van der Waals surface area contributed by atoms with Crippen molar-refractivity contribution in [3.63, 3.8) is 0 Å². The van der Waals surface area contributed by atoms with Crippen LogP contribution in [0.1, 0.15) is 11.1 Å². The third-order valence-electron chi connectivity index (χ3n) is 5.44. The highest BCUT2D eigenvalue weighted by Crippen LogP contribution is 2.35. The van der Waals surface area contributed by atoms with Gasteiger partial charge in [0.15, 0.2) is 16.7 Å². The van der Waals surface area contributed by atoms with E-state index >= 15 is 0 Å². The fourth-order valence-corrected chi connectivity index (χ4v) is 4.57. The number of halogens is 3. The number of amides is 1. The maximum Gasteiger partial charge on any atom is 0.418 e. The Kier molecular flexibility index (Phi) is 6.31. The average molecular weight is 513 g/mol. The Bertz CT molecular complexity index is 1520. The van der Waals surface area contributed by atoms with Gasteiger partial charge in [-0.1, -0.05) is 42.1 Å². The van der Waals surface area contributed by atoms with Crippen molar-refractivity contribution in [1.82, 2.24) is 9.55 Å². The van der Waals surface area contributed by atoms with E-state index in [1.807, 2.05) is 0 Å². The van der Waals surface area contributed by atoms with Gasteiger partial charge >= 0.3 is 6.18 Å². The Balaban J connectivity index is 1.42. The number of alkyl halides is 3. The number of rotatable bonds is 6. The monoisotopic (exact) mass is 513 g/mol. The number of nitrogens with one attached hydrogen (secondary N) is 1. The Morgan fingerprint density at radius 2 is 1.78 bits per heavy atom. The van der Waals surface area contributed by atoms with E-state index in [1.165, 1.54) is 22.8 Å². The van der Waals surface area contributed by atoms with E-state index in [1.54, 1.807) is 42.5 Å². The molecule has 36 heavy (non-hydrogen) atoms. The Hall–Kier alpha value is -3.99. The van der Waals surface area contributed by atoms with Crippen LogP contribution in [0.25, 0.3) is 10.9 Å². The van der Waals surface area contributed by atoms with Crippen LogP contribution in [0.15, 0.2) is 76.7 Å².